The summed E-state index contributed by atoms with van der Waals surface area (Å²) in [5.74, 6) is 0.376. The minimum absolute atomic E-state index is 0.0770. The fourth-order valence-corrected chi connectivity index (χ4v) is 1.80. The monoisotopic (exact) mass is 365 g/mol. The Kier molecular flexibility index (Phi) is 3.74. The van der Waals surface area contributed by atoms with Crippen LogP contribution in [0.4, 0.5) is 13.2 Å². The van der Waals surface area contributed by atoms with E-state index in [-0.39, 0.29) is 5.88 Å². The summed E-state index contributed by atoms with van der Waals surface area (Å²) >= 11 is 2.09. The van der Waals surface area contributed by atoms with Gasteiger partial charge >= 0.3 is 6.18 Å². The molecule has 0 aliphatic carbocycles. The van der Waals surface area contributed by atoms with Crippen LogP contribution in [0.5, 0.6) is 11.6 Å². The number of halogens is 4. The Morgan fingerprint density at radius 3 is 2.44 bits per heavy atom. The molecule has 0 saturated heterocycles. The van der Waals surface area contributed by atoms with Crippen molar-refractivity contribution in [3.63, 3.8) is 0 Å². The van der Waals surface area contributed by atoms with Gasteiger partial charge in [0.25, 0.3) is 0 Å². The summed E-state index contributed by atoms with van der Waals surface area (Å²) in [6.45, 7) is 0. The van der Waals surface area contributed by atoms with Crippen LogP contribution in [0.2, 0.25) is 0 Å². The number of pyridine rings is 1. The van der Waals surface area contributed by atoms with Gasteiger partial charge in [0.05, 0.1) is 0 Å². The molecule has 2 nitrogen and oxygen atoms in total. The lowest BCUT2D eigenvalue weighted by Gasteiger charge is -2.08. The highest BCUT2D eigenvalue weighted by molar-refractivity contribution is 14.1. The van der Waals surface area contributed by atoms with E-state index in [1.54, 1.807) is 18.2 Å². The standard InChI is InChI=1S/C12H7F3INO/c13-12(14,15)10-5-2-6-11(17-10)18-9-4-1-3-8(16)7-9/h1-7H. The van der Waals surface area contributed by atoms with E-state index >= 15 is 0 Å². The third kappa shape index (κ3) is 3.34. The number of ether oxygens (including phenoxy) is 1. The molecule has 0 unspecified atom stereocenters. The van der Waals surface area contributed by atoms with E-state index in [4.69, 9.17) is 4.74 Å². The molecule has 2 rings (SSSR count). The topological polar surface area (TPSA) is 22.1 Å². The van der Waals surface area contributed by atoms with Crippen molar-refractivity contribution in [2.24, 2.45) is 0 Å². The normalized spacial score (nSPS) is 11.3. The van der Waals surface area contributed by atoms with Crippen LogP contribution in [0.25, 0.3) is 0 Å². The minimum atomic E-state index is -4.47. The second-order valence-corrected chi connectivity index (χ2v) is 4.66. The van der Waals surface area contributed by atoms with Crippen LogP contribution < -0.4 is 4.74 Å². The SMILES string of the molecule is FC(F)(F)c1cccc(Oc2cccc(I)c2)n1. The lowest BCUT2D eigenvalue weighted by molar-refractivity contribution is -0.141. The maximum absolute atomic E-state index is 12.5. The van der Waals surface area contributed by atoms with Crippen LogP contribution >= 0.6 is 22.6 Å². The summed E-state index contributed by atoms with van der Waals surface area (Å²) < 4.78 is 43.6. The van der Waals surface area contributed by atoms with Crippen LogP contribution in [0.3, 0.4) is 0 Å². The van der Waals surface area contributed by atoms with Crippen molar-refractivity contribution in [3.05, 3.63) is 51.7 Å². The van der Waals surface area contributed by atoms with Crippen molar-refractivity contribution < 1.29 is 17.9 Å². The largest absolute Gasteiger partial charge is 0.439 e. The molecule has 0 amide bonds. The van der Waals surface area contributed by atoms with Crippen molar-refractivity contribution in [1.29, 1.82) is 0 Å². The Labute approximate surface area is 115 Å². The molecule has 0 bridgehead atoms. The summed E-state index contributed by atoms with van der Waals surface area (Å²) in [5, 5.41) is 0. The van der Waals surface area contributed by atoms with Gasteiger partial charge in [-0.15, -0.1) is 0 Å². The van der Waals surface area contributed by atoms with E-state index in [2.05, 4.69) is 27.6 Å². The molecule has 94 valence electrons. The Bertz CT molecular complexity index is 557. The predicted molar refractivity (Wildman–Crippen MR) is 68.5 cm³/mol. The van der Waals surface area contributed by atoms with E-state index in [0.717, 1.165) is 9.64 Å². The highest BCUT2D eigenvalue weighted by atomic mass is 127. The number of benzene rings is 1. The molecule has 2 aromatic rings. The number of hydrogen-bond donors (Lipinski definition) is 0. The zero-order valence-corrected chi connectivity index (χ0v) is 11.1. The van der Waals surface area contributed by atoms with Crippen LogP contribution in [0, 0.1) is 3.57 Å². The Balaban J connectivity index is 2.25. The molecule has 0 aliphatic heterocycles. The van der Waals surface area contributed by atoms with Gasteiger partial charge in [-0.1, -0.05) is 12.1 Å². The molecule has 0 atom stereocenters. The molecule has 0 fully saturated rings. The van der Waals surface area contributed by atoms with Crippen molar-refractivity contribution in [2.45, 2.75) is 6.18 Å². The lowest BCUT2D eigenvalue weighted by Crippen LogP contribution is -2.07. The van der Waals surface area contributed by atoms with Crippen molar-refractivity contribution >= 4 is 22.6 Å². The lowest BCUT2D eigenvalue weighted by atomic mass is 10.3. The van der Waals surface area contributed by atoms with Crippen LogP contribution in [-0.4, -0.2) is 4.98 Å². The number of nitrogens with zero attached hydrogens (tertiary/aromatic N) is 1. The van der Waals surface area contributed by atoms with Crippen LogP contribution in [-0.2, 0) is 6.18 Å². The van der Waals surface area contributed by atoms with Crippen molar-refractivity contribution in [1.82, 2.24) is 4.98 Å². The molecule has 0 N–H and O–H groups in total. The van der Waals surface area contributed by atoms with Crippen LogP contribution in [0.1, 0.15) is 5.69 Å². The third-order valence-electron chi connectivity index (χ3n) is 2.03. The number of aromatic nitrogens is 1. The van der Waals surface area contributed by atoms with E-state index in [9.17, 15) is 13.2 Å². The van der Waals surface area contributed by atoms with Gasteiger partial charge in [0.2, 0.25) is 5.88 Å². The van der Waals surface area contributed by atoms with Crippen LogP contribution in [0.15, 0.2) is 42.5 Å². The first kappa shape index (κ1) is 13.1. The summed E-state index contributed by atoms with van der Waals surface area (Å²) in [6, 6.07) is 10.5. The number of alkyl halides is 3. The average Bonchev–Trinajstić information content (AvgIpc) is 2.28. The number of rotatable bonds is 2. The molecular weight excluding hydrogens is 358 g/mol. The van der Waals surface area contributed by atoms with Gasteiger partial charge in [0, 0.05) is 9.64 Å². The summed E-state index contributed by atoms with van der Waals surface area (Å²) in [6.07, 6.45) is -4.47. The molecule has 1 aromatic heterocycles. The molecule has 0 aliphatic rings. The zero-order valence-electron chi connectivity index (χ0n) is 8.91. The fraction of sp³-hybridized carbons (Fsp3) is 0.0833. The zero-order chi connectivity index (χ0) is 13.2. The second kappa shape index (κ2) is 5.13. The quantitative estimate of drug-likeness (QED) is 0.732. The Morgan fingerprint density at radius 1 is 1.06 bits per heavy atom. The highest BCUT2D eigenvalue weighted by Crippen LogP contribution is 2.29. The minimum Gasteiger partial charge on any atom is -0.439 e. The highest BCUT2D eigenvalue weighted by Gasteiger charge is 2.32. The van der Waals surface area contributed by atoms with E-state index in [1.165, 1.54) is 12.1 Å². The van der Waals surface area contributed by atoms with Gasteiger partial charge in [-0.2, -0.15) is 13.2 Å². The summed E-state index contributed by atoms with van der Waals surface area (Å²) in [7, 11) is 0. The predicted octanol–water partition coefficient (Wildman–Crippen LogP) is 4.50. The molecule has 18 heavy (non-hydrogen) atoms. The van der Waals surface area contributed by atoms with Gasteiger partial charge in [0.15, 0.2) is 0 Å². The summed E-state index contributed by atoms with van der Waals surface area (Å²) in [4.78, 5) is 3.42. The Hall–Kier alpha value is -1.31. The van der Waals surface area contributed by atoms with Gasteiger partial charge in [-0.05, 0) is 46.9 Å². The van der Waals surface area contributed by atoms with Gasteiger partial charge in [-0.25, -0.2) is 4.98 Å². The number of hydrogen-bond acceptors (Lipinski definition) is 2. The first-order chi connectivity index (χ1) is 8.45. The van der Waals surface area contributed by atoms with E-state index in [0.29, 0.717) is 5.75 Å². The molecule has 1 heterocycles. The van der Waals surface area contributed by atoms with Crippen molar-refractivity contribution in [2.75, 3.05) is 0 Å². The molecule has 0 saturated carbocycles. The molecule has 1 aromatic carbocycles. The van der Waals surface area contributed by atoms with Gasteiger partial charge in [0.1, 0.15) is 11.4 Å². The fourth-order valence-electron chi connectivity index (χ4n) is 1.28. The van der Waals surface area contributed by atoms with Gasteiger partial charge < -0.3 is 4.74 Å². The maximum Gasteiger partial charge on any atom is 0.433 e. The van der Waals surface area contributed by atoms with E-state index in [1.807, 2.05) is 6.07 Å². The summed E-state index contributed by atoms with van der Waals surface area (Å²) in [5.41, 5.74) is -0.967. The maximum atomic E-state index is 12.5. The molecular formula is C12H7F3INO. The van der Waals surface area contributed by atoms with Crippen molar-refractivity contribution in [3.8, 4) is 11.6 Å². The molecule has 0 radical (unpaired) electrons. The first-order valence-corrected chi connectivity index (χ1v) is 6.01. The first-order valence-electron chi connectivity index (χ1n) is 4.93. The van der Waals surface area contributed by atoms with Gasteiger partial charge in [-0.3, -0.25) is 0 Å². The smallest absolute Gasteiger partial charge is 0.433 e. The third-order valence-corrected chi connectivity index (χ3v) is 2.70. The second-order valence-electron chi connectivity index (χ2n) is 3.42. The Morgan fingerprint density at radius 2 is 1.78 bits per heavy atom. The van der Waals surface area contributed by atoms with E-state index < -0.39 is 11.9 Å². The molecule has 0 spiro atoms. The average molecular weight is 365 g/mol. The molecule has 6 heteroatoms.